The summed E-state index contributed by atoms with van der Waals surface area (Å²) in [5.74, 6) is 0. The second kappa shape index (κ2) is 0.172. The van der Waals surface area contributed by atoms with E-state index in [0.29, 0.717) is 12.0 Å². The van der Waals surface area contributed by atoms with Crippen LogP contribution in [0.2, 0.25) is 0 Å². The number of hydrogen-bond donors (Lipinski definition) is 0. The van der Waals surface area contributed by atoms with Crippen molar-refractivity contribution in [3.63, 3.8) is 0 Å². The molecule has 0 N–H and O–H groups in total. The first-order chi connectivity index (χ1) is 2.43. The van der Waals surface area contributed by atoms with Crippen LogP contribution in [0.1, 0.15) is 0 Å². The summed E-state index contributed by atoms with van der Waals surface area (Å²) in [7, 11) is 0. The third-order valence-corrected chi connectivity index (χ3v) is 1.64. The van der Waals surface area contributed by atoms with E-state index in [4.69, 9.17) is 4.74 Å². The molecule has 0 aliphatic carbocycles. The fraction of sp³-hybridized carbons (Fsp3) is 1.00. The number of rotatable bonds is 0. The van der Waals surface area contributed by atoms with Crippen molar-refractivity contribution in [3.8, 4) is 0 Å². The Hall–Kier alpha value is -0.0800. The van der Waals surface area contributed by atoms with Crippen molar-refractivity contribution in [3.05, 3.63) is 0 Å². The van der Waals surface area contributed by atoms with Gasteiger partial charge >= 0.3 is 0 Å². The second-order valence-electron chi connectivity index (χ2n) is 1.94. The molecule has 1 spiro atoms. The quantitative estimate of drug-likeness (QED) is 0.352. The van der Waals surface area contributed by atoms with Crippen molar-refractivity contribution in [2.24, 2.45) is 0 Å². The summed E-state index contributed by atoms with van der Waals surface area (Å²) in [4.78, 5) is 2.31. The molecule has 0 aromatic carbocycles. The molecule has 3 fully saturated rings. The lowest BCUT2D eigenvalue weighted by Gasteiger charge is -1.72. The second-order valence-corrected chi connectivity index (χ2v) is 1.94. The van der Waals surface area contributed by atoms with Gasteiger partial charge < -0.3 is 4.74 Å². The predicted molar refractivity (Wildman–Crippen MR) is 14.3 cm³/mol. The molecule has 3 rings (SSSR count). The van der Waals surface area contributed by atoms with Crippen LogP contribution < -0.4 is 0 Å². The van der Waals surface area contributed by atoms with Crippen LogP contribution in [0.5, 0.6) is 0 Å². The Balaban J connectivity index is 2.49. The lowest BCUT2D eigenvalue weighted by Crippen LogP contribution is -1.85. The molecule has 2 nitrogen and oxygen atoms in total. The van der Waals surface area contributed by atoms with E-state index in [1.54, 1.807) is 0 Å². The van der Waals surface area contributed by atoms with Crippen molar-refractivity contribution >= 4 is 0 Å². The van der Waals surface area contributed by atoms with Gasteiger partial charge in [-0.1, -0.05) is 0 Å². The summed E-state index contributed by atoms with van der Waals surface area (Å²) < 4.78 is 4.99. The normalized spacial score (nSPS) is 91.2. The minimum absolute atomic E-state index is 0.417. The number of epoxide rings is 1. The number of nitrogens with zero attached hydrogens (tertiary/aromatic N) is 1. The van der Waals surface area contributed by atoms with Gasteiger partial charge in [-0.15, -0.1) is 0 Å². The summed E-state index contributed by atoms with van der Waals surface area (Å²) in [5.41, 5.74) is 0.417. The van der Waals surface area contributed by atoms with E-state index in [9.17, 15) is 0 Å². The van der Waals surface area contributed by atoms with Gasteiger partial charge in [0.2, 0.25) is 0 Å². The Labute approximate surface area is 29.3 Å². The first-order valence-corrected chi connectivity index (χ1v) is 1.88. The fourth-order valence-electron chi connectivity index (χ4n) is 0.877. The van der Waals surface area contributed by atoms with Crippen molar-refractivity contribution in [1.29, 1.82) is 0 Å². The molecule has 0 aromatic heterocycles. The third-order valence-electron chi connectivity index (χ3n) is 1.64. The standard InChI is InChI=1S/C3H3NO/c1-3-2(5-3)4(1)3/h2H,1H2/t2-,3+,4?/m1/s1. The Kier molecular flexibility index (Phi) is 0.0545. The highest BCUT2D eigenvalue weighted by Crippen LogP contribution is 2.72. The summed E-state index contributed by atoms with van der Waals surface area (Å²) >= 11 is 0. The van der Waals surface area contributed by atoms with E-state index in [0.717, 1.165) is 0 Å². The molecule has 0 aromatic rings. The molecule has 3 aliphatic rings. The van der Waals surface area contributed by atoms with E-state index in [2.05, 4.69) is 4.90 Å². The Morgan fingerprint density at radius 1 is 2.00 bits per heavy atom. The summed E-state index contributed by atoms with van der Waals surface area (Å²) in [6, 6.07) is 0. The number of hydrogen-bond acceptors (Lipinski definition) is 2. The molecule has 0 saturated carbocycles. The minimum atomic E-state index is 0.417. The van der Waals surface area contributed by atoms with E-state index in [-0.39, 0.29) is 0 Å². The van der Waals surface area contributed by atoms with Gasteiger partial charge in [-0.25, -0.2) is 4.90 Å². The van der Waals surface area contributed by atoms with Gasteiger partial charge in [0.15, 0.2) is 12.0 Å². The van der Waals surface area contributed by atoms with Crippen molar-refractivity contribution < 1.29 is 4.74 Å². The summed E-state index contributed by atoms with van der Waals surface area (Å²) in [6.07, 6.45) is 0.627. The van der Waals surface area contributed by atoms with Crippen molar-refractivity contribution in [2.45, 2.75) is 12.0 Å². The Bertz CT molecular complexity index is 97.5. The lowest BCUT2D eigenvalue weighted by molar-refractivity contribution is 0.209. The minimum Gasteiger partial charge on any atom is -0.332 e. The topological polar surface area (TPSA) is 15.5 Å². The smallest absolute Gasteiger partial charge is 0.179 e. The molecule has 1 unspecified atom stereocenters. The van der Waals surface area contributed by atoms with Crippen LogP contribution in [-0.4, -0.2) is 23.4 Å². The lowest BCUT2D eigenvalue weighted by atomic mass is 10.6. The largest absolute Gasteiger partial charge is 0.332 e. The van der Waals surface area contributed by atoms with Gasteiger partial charge in [0.1, 0.15) is 0 Å². The van der Waals surface area contributed by atoms with Crippen molar-refractivity contribution in [2.75, 3.05) is 6.54 Å². The molecule has 0 radical (unpaired) electrons. The van der Waals surface area contributed by atoms with Crippen LogP contribution in [0.3, 0.4) is 0 Å². The van der Waals surface area contributed by atoms with E-state index >= 15 is 0 Å². The fourth-order valence-corrected chi connectivity index (χ4v) is 0.877. The molecule has 0 bridgehead atoms. The van der Waals surface area contributed by atoms with Gasteiger partial charge in [0.05, 0.1) is 6.54 Å². The van der Waals surface area contributed by atoms with E-state index < -0.39 is 0 Å². The zero-order chi connectivity index (χ0) is 3.07. The molecular formula is C3H3NO. The molecule has 5 heavy (non-hydrogen) atoms. The highest BCUT2D eigenvalue weighted by molar-refractivity contribution is 5.34. The molecule has 3 saturated heterocycles. The highest BCUT2D eigenvalue weighted by atomic mass is 16.8. The van der Waals surface area contributed by atoms with Crippen LogP contribution in [-0.2, 0) is 4.74 Å². The van der Waals surface area contributed by atoms with Gasteiger partial charge in [-0.2, -0.15) is 0 Å². The summed E-state index contributed by atoms with van der Waals surface area (Å²) in [6.45, 7) is 1.23. The van der Waals surface area contributed by atoms with Crippen LogP contribution >= 0.6 is 0 Å². The SMILES string of the molecule is C1N2[C@@H]3O[C@@]132. The zero-order valence-corrected chi connectivity index (χ0v) is 2.64. The molecule has 0 amide bonds. The Morgan fingerprint density at radius 3 is 2.60 bits per heavy atom. The maximum atomic E-state index is 4.99. The molecule has 3 atom stereocenters. The first kappa shape index (κ1) is 1.58. The van der Waals surface area contributed by atoms with Gasteiger partial charge in [-0.3, -0.25) is 0 Å². The maximum Gasteiger partial charge on any atom is 0.179 e. The highest BCUT2D eigenvalue weighted by Gasteiger charge is 2.95. The summed E-state index contributed by atoms with van der Waals surface area (Å²) in [5, 5.41) is 0. The van der Waals surface area contributed by atoms with E-state index in [1.165, 1.54) is 6.54 Å². The number of ether oxygens (including phenoxy) is 1. The van der Waals surface area contributed by atoms with Gasteiger partial charge in [-0.05, 0) is 0 Å². The van der Waals surface area contributed by atoms with Crippen LogP contribution in [0.25, 0.3) is 0 Å². The average molecular weight is 69.1 g/mol. The van der Waals surface area contributed by atoms with Crippen LogP contribution in [0.15, 0.2) is 0 Å². The Morgan fingerprint density at radius 2 is 2.60 bits per heavy atom. The number of fused-ring (bicyclic) bond motifs is 1. The molecule has 26 valence electrons. The first-order valence-electron chi connectivity index (χ1n) is 1.88. The van der Waals surface area contributed by atoms with Crippen LogP contribution in [0, 0.1) is 0 Å². The van der Waals surface area contributed by atoms with E-state index in [1.807, 2.05) is 0 Å². The molecule has 3 aliphatic heterocycles. The molecule has 3 heterocycles. The monoisotopic (exact) mass is 69.0 g/mol. The van der Waals surface area contributed by atoms with Crippen molar-refractivity contribution in [1.82, 2.24) is 4.90 Å². The zero-order valence-electron chi connectivity index (χ0n) is 2.64. The van der Waals surface area contributed by atoms with Gasteiger partial charge in [0.25, 0.3) is 0 Å². The third kappa shape index (κ3) is 0.0364. The maximum absolute atomic E-state index is 4.99. The molecule has 2 heteroatoms. The predicted octanol–water partition coefficient (Wildman–Crippen LogP) is -0.632. The average Bonchev–Trinajstić information content (AvgIpc) is 2.04. The van der Waals surface area contributed by atoms with Gasteiger partial charge in [0, 0.05) is 0 Å². The van der Waals surface area contributed by atoms with Crippen LogP contribution in [0.4, 0.5) is 0 Å². The molecular weight excluding hydrogens is 66.0 g/mol.